The standard InChI is InChI=1S/C28H34N4O4/c1-18-9-14-24(33)21(16-18)25-22(17-31(5)30-25)19-10-12-20(13-11-19)29-26(34)23-8-6-7-15-32(23)27(35)36-28(2,3)4/h9-14,16-17,23,33H,6-8,15H2,1-5H3,(H,29,34)/t23-/m1/s1. The molecule has 0 aliphatic carbocycles. The van der Waals surface area contributed by atoms with Crippen molar-refractivity contribution in [1.29, 1.82) is 0 Å². The summed E-state index contributed by atoms with van der Waals surface area (Å²) in [5.41, 5.74) is 4.19. The molecule has 1 fully saturated rings. The molecule has 0 spiro atoms. The van der Waals surface area contributed by atoms with E-state index in [4.69, 9.17) is 4.74 Å². The maximum Gasteiger partial charge on any atom is 0.410 e. The minimum absolute atomic E-state index is 0.173. The number of piperidine rings is 1. The molecule has 0 radical (unpaired) electrons. The Morgan fingerprint density at radius 2 is 1.81 bits per heavy atom. The van der Waals surface area contributed by atoms with Gasteiger partial charge in [-0.1, -0.05) is 23.8 Å². The number of anilines is 1. The van der Waals surface area contributed by atoms with Crippen LogP contribution in [0.3, 0.4) is 0 Å². The summed E-state index contributed by atoms with van der Waals surface area (Å²) in [6, 6.07) is 12.4. The first-order chi connectivity index (χ1) is 17.0. The van der Waals surface area contributed by atoms with E-state index in [2.05, 4.69) is 10.4 Å². The lowest BCUT2D eigenvalue weighted by Gasteiger charge is -2.35. The van der Waals surface area contributed by atoms with Gasteiger partial charge in [-0.15, -0.1) is 0 Å². The monoisotopic (exact) mass is 490 g/mol. The molecular formula is C28H34N4O4. The van der Waals surface area contributed by atoms with Crippen LogP contribution in [0.5, 0.6) is 5.75 Å². The van der Waals surface area contributed by atoms with Gasteiger partial charge >= 0.3 is 6.09 Å². The number of carbonyl (C=O) groups excluding carboxylic acids is 2. The van der Waals surface area contributed by atoms with E-state index < -0.39 is 17.7 Å². The number of carbonyl (C=O) groups is 2. The molecule has 0 saturated carbocycles. The Labute approximate surface area is 211 Å². The van der Waals surface area contributed by atoms with Crippen molar-refractivity contribution < 1.29 is 19.4 Å². The number of amides is 2. The van der Waals surface area contributed by atoms with Gasteiger partial charge < -0.3 is 15.2 Å². The quantitative estimate of drug-likeness (QED) is 0.504. The van der Waals surface area contributed by atoms with Crippen LogP contribution in [0.25, 0.3) is 22.4 Å². The molecule has 2 amide bonds. The number of likely N-dealkylation sites (tertiary alicyclic amines) is 1. The minimum atomic E-state index is -0.619. The van der Waals surface area contributed by atoms with Crippen LogP contribution in [-0.4, -0.2) is 50.0 Å². The van der Waals surface area contributed by atoms with E-state index in [1.807, 2.05) is 77.3 Å². The number of ether oxygens (including phenoxy) is 1. The van der Waals surface area contributed by atoms with Crippen LogP contribution < -0.4 is 5.32 Å². The SMILES string of the molecule is Cc1ccc(O)c(-c2nn(C)cc2-c2ccc(NC(=O)[C@H]3CCCCN3C(=O)OC(C)(C)C)cc2)c1. The predicted molar refractivity (Wildman–Crippen MR) is 140 cm³/mol. The molecule has 1 aromatic heterocycles. The van der Waals surface area contributed by atoms with Crippen molar-refractivity contribution in [2.45, 2.75) is 58.6 Å². The minimum Gasteiger partial charge on any atom is -0.507 e. The molecule has 1 saturated heterocycles. The van der Waals surface area contributed by atoms with E-state index in [1.165, 1.54) is 4.90 Å². The van der Waals surface area contributed by atoms with Crippen LogP contribution in [0.4, 0.5) is 10.5 Å². The average molecular weight is 491 g/mol. The molecule has 2 N–H and O–H groups in total. The molecule has 0 unspecified atom stereocenters. The second-order valence-corrected chi connectivity index (χ2v) is 10.3. The van der Waals surface area contributed by atoms with E-state index in [1.54, 1.807) is 10.7 Å². The molecular weight excluding hydrogens is 456 g/mol. The van der Waals surface area contributed by atoms with Crippen molar-refractivity contribution in [2.75, 3.05) is 11.9 Å². The van der Waals surface area contributed by atoms with Gasteiger partial charge in [0, 0.05) is 36.6 Å². The van der Waals surface area contributed by atoms with Gasteiger partial charge in [-0.3, -0.25) is 14.4 Å². The van der Waals surface area contributed by atoms with Crippen molar-refractivity contribution in [3.8, 4) is 28.1 Å². The Morgan fingerprint density at radius 3 is 2.50 bits per heavy atom. The van der Waals surface area contributed by atoms with Crippen molar-refractivity contribution in [1.82, 2.24) is 14.7 Å². The fourth-order valence-electron chi connectivity index (χ4n) is 4.44. The number of aryl methyl sites for hydroxylation is 2. The van der Waals surface area contributed by atoms with Crippen molar-refractivity contribution >= 4 is 17.7 Å². The number of aromatic nitrogens is 2. The molecule has 3 aromatic rings. The van der Waals surface area contributed by atoms with Crippen LogP contribution in [0, 0.1) is 6.92 Å². The molecule has 190 valence electrons. The van der Waals surface area contributed by atoms with Gasteiger partial charge in [0.25, 0.3) is 0 Å². The average Bonchev–Trinajstić information content (AvgIpc) is 3.21. The first-order valence-corrected chi connectivity index (χ1v) is 12.3. The number of nitrogens with zero attached hydrogens (tertiary/aromatic N) is 3. The molecule has 1 aliphatic heterocycles. The lowest BCUT2D eigenvalue weighted by Crippen LogP contribution is -2.51. The second-order valence-electron chi connectivity index (χ2n) is 10.3. The Morgan fingerprint density at radius 1 is 1.08 bits per heavy atom. The number of benzene rings is 2. The lowest BCUT2D eigenvalue weighted by molar-refractivity contribution is -0.122. The van der Waals surface area contributed by atoms with Crippen LogP contribution in [0.1, 0.15) is 45.6 Å². The maximum absolute atomic E-state index is 13.1. The summed E-state index contributed by atoms with van der Waals surface area (Å²) < 4.78 is 7.24. The van der Waals surface area contributed by atoms with E-state index in [-0.39, 0.29) is 11.7 Å². The van der Waals surface area contributed by atoms with E-state index in [0.717, 1.165) is 29.5 Å². The summed E-state index contributed by atoms with van der Waals surface area (Å²) in [5, 5.41) is 18.0. The van der Waals surface area contributed by atoms with Crippen LogP contribution in [0.2, 0.25) is 0 Å². The molecule has 4 rings (SSSR count). The number of aromatic hydroxyl groups is 1. The molecule has 8 nitrogen and oxygen atoms in total. The molecule has 1 atom stereocenters. The van der Waals surface area contributed by atoms with E-state index in [0.29, 0.717) is 29.9 Å². The number of phenols is 1. The summed E-state index contributed by atoms with van der Waals surface area (Å²) in [6.45, 7) is 7.93. The van der Waals surface area contributed by atoms with Gasteiger partial charge in [0.2, 0.25) is 5.91 Å². The summed E-state index contributed by atoms with van der Waals surface area (Å²) in [4.78, 5) is 27.3. The Balaban J connectivity index is 1.52. The number of hydrogen-bond acceptors (Lipinski definition) is 5. The molecule has 1 aliphatic rings. The summed E-state index contributed by atoms with van der Waals surface area (Å²) >= 11 is 0. The van der Waals surface area contributed by atoms with Crippen LogP contribution in [0.15, 0.2) is 48.7 Å². The second kappa shape index (κ2) is 10.0. The van der Waals surface area contributed by atoms with Crippen LogP contribution in [-0.2, 0) is 16.6 Å². The number of hydrogen-bond donors (Lipinski definition) is 2. The van der Waals surface area contributed by atoms with E-state index >= 15 is 0 Å². The highest BCUT2D eigenvalue weighted by Crippen LogP contribution is 2.36. The fraction of sp³-hybridized carbons (Fsp3) is 0.393. The normalized spacial score (nSPS) is 16.0. The van der Waals surface area contributed by atoms with Gasteiger partial charge in [0.05, 0.1) is 0 Å². The van der Waals surface area contributed by atoms with Gasteiger partial charge in [-0.05, 0) is 76.8 Å². The first kappa shape index (κ1) is 25.3. The number of rotatable bonds is 4. The zero-order valence-corrected chi connectivity index (χ0v) is 21.5. The smallest absolute Gasteiger partial charge is 0.410 e. The van der Waals surface area contributed by atoms with Gasteiger partial charge in [-0.2, -0.15) is 5.10 Å². The third kappa shape index (κ3) is 5.70. The Hall–Kier alpha value is -3.81. The first-order valence-electron chi connectivity index (χ1n) is 12.3. The highest BCUT2D eigenvalue weighted by molar-refractivity contribution is 5.97. The molecule has 2 aromatic carbocycles. The number of phenolic OH excluding ortho intramolecular Hbond substituents is 1. The Bertz CT molecular complexity index is 1260. The highest BCUT2D eigenvalue weighted by atomic mass is 16.6. The number of nitrogens with one attached hydrogen (secondary N) is 1. The summed E-state index contributed by atoms with van der Waals surface area (Å²) in [5.74, 6) is -0.0495. The summed E-state index contributed by atoms with van der Waals surface area (Å²) in [7, 11) is 1.84. The maximum atomic E-state index is 13.1. The molecule has 8 heteroatoms. The predicted octanol–water partition coefficient (Wildman–Crippen LogP) is 5.50. The van der Waals surface area contributed by atoms with E-state index in [9.17, 15) is 14.7 Å². The summed E-state index contributed by atoms with van der Waals surface area (Å²) in [6.07, 6.45) is 3.78. The largest absolute Gasteiger partial charge is 0.507 e. The molecule has 2 heterocycles. The third-order valence-electron chi connectivity index (χ3n) is 6.13. The highest BCUT2D eigenvalue weighted by Gasteiger charge is 2.34. The molecule has 36 heavy (non-hydrogen) atoms. The fourth-order valence-corrected chi connectivity index (χ4v) is 4.44. The van der Waals surface area contributed by atoms with Gasteiger partial charge in [-0.25, -0.2) is 4.79 Å². The topological polar surface area (TPSA) is 96.7 Å². The Kier molecular flexibility index (Phi) is 7.06. The van der Waals surface area contributed by atoms with Gasteiger partial charge in [0.1, 0.15) is 23.1 Å². The lowest BCUT2D eigenvalue weighted by atomic mass is 9.99. The van der Waals surface area contributed by atoms with Crippen molar-refractivity contribution in [2.24, 2.45) is 7.05 Å². The zero-order valence-electron chi connectivity index (χ0n) is 21.5. The molecule has 0 bridgehead atoms. The van der Waals surface area contributed by atoms with Crippen molar-refractivity contribution in [3.63, 3.8) is 0 Å². The third-order valence-corrected chi connectivity index (χ3v) is 6.13. The van der Waals surface area contributed by atoms with Gasteiger partial charge in [0.15, 0.2) is 0 Å². The van der Waals surface area contributed by atoms with Crippen molar-refractivity contribution in [3.05, 3.63) is 54.2 Å². The zero-order chi connectivity index (χ0) is 26.0. The van der Waals surface area contributed by atoms with Crippen LogP contribution >= 0.6 is 0 Å².